The molecule has 1 aromatic heterocycles. The first-order valence-corrected chi connectivity index (χ1v) is 10.5. The van der Waals surface area contributed by atoms with Crippen molar-refractivity contribution in [3.63, 3.8) is 0 Å². The second kappa shape index (κ2) is 9.68. The Bertz CT molecular complexity index is 1210. The van der Waals surface area contributed by atoms with Crippen molar-refractivity contribution < 1.29 is 19.1 Å². The van der Waals surface area contributed by atoms with Gasteiger partial charge in [0.2, 0.25) is 5.91 Å². The lowest BCUT2D eigenvalue weighted by Crippen LogP contribution is -2.28. The Hall–Kier alpha value is -3.61. The van der Waals surface area contributed by atoms with Crippen molar-refractivity contribution in [2.24, 2.45) is 0 Å². The molecule has 168 valence electrons. The normalized spacial score (nSPS) is 11.8. The first kappa shape index (κ1) is 23.1. The number of carbonyl (C=O) groups is 2. The summed E-state index contributed by atoms with van der Waals surface area (Å²) < 4.78 is 12.1. The third-order valence-corrected chi connectivity index (χ3v) is 5.16. The first-order valence-electron chi connectivity index (χ1n) is 10.5. The molecule has 1 amide bonds. The number of anilines is 1. The fourth-order valence-electron chi connectivity index (χ4n) is 3.73. The van der Waals surface area contributed by atoms with Crippen molar-refractivity contribution in [3.8, 4) is 5.75 Å². The van der Waals surface area contributed by atoms with Crippen molar-refractivity contribution in [2.75, 3.05) is 11.9 Å². The van der Waals surface area contributed by atoms with Crippen LogP contribution < -0.4 is 15.6 Å². The van der Waals surface area contributed by atoms with Crippen molar-refractivity contribution in [1.82, 2.24) is 4.57 Å². The van der Waals surface area contributed by atoms with Crippen molar-refractivity contribution in [2.45, 2.75) is 47.3 Å². The van der Waals surface area contributed by atoms with Crippen LogP contribution in [0.1, 0.15) is 30.5 Å². The largest absolute Gasteiger partial charge is 0.478 e. The van der Waals surface area contributed by atoms with Gasteiger partial charge in [0.15, 0.2) is 6.10 Å². The van der Waals surface area contributed by atoms with Crippen molar-refractivity contribution in [1.29, 1.82) is 0 Å². The summed E-state index contributed by atoms with van der Waals surface area (Å²) in [6.45, 7) is 9.35. The number of aryl methyl sites for hydroxylation is 3. The van der Waals surface area contributed by atoms with Crippen LogP contribution in [0.25, 0.3) is 10.8 Å². The van der Waals surface area contributed by atoms with Gasteiger partial charge < -0.3 is 19.4 Å². The maximum atomic E-state index is 13.0. The van der Waals surface area contributed by atoms with Crippen LogP contribution in [0.4, 0.5) is 5.69 Å². The smallest absolute Gasteiger partial charge is 0.347 e. The zero-order valence-corrected chi connectivity index (χ0v) is 19.0. The van der Waals surface area contributed by atoms with Crippen LogP contribution in [0.5, 0.6) is 5.75 Å². The molecule has 32 heavy (non-hydrogen) atoms. The van der Waals surface area contributed by atoms with Crippen LogP contribution in [-0.2, 0) is 20.9 Å². The average molecular weight is 437 g/mol. The minimum Gasteiger partial charge on any atom is -0.478 e. The van der Waals surface area contributed by atoms with E-state index < -0.39 is 12.1 Å². The minimum atomic E-state index is -0.810. The lowest BCUT2D eigenvalue weighted by atomic mass is 10.1. The van der Waals surface area contributed by atoms with E-state index in [0.717, 1.165) is 22.4 Å². The van der Waals surface area contributed by atoms with E-state index in [0.29, 0.717) is 16.5 Å². The van der Waals surface area contributed by atoms with E-state index in [1.165, 1.54) is 4.57 Å². The number of nitrogens with one attached hydrogen (secondary N) is 1. The number of amides is 1. The van der Waals surface area contributed by atoms with Crippen LogP contribution >= 0.6 is 0 Å². The predicted molar refractivity (Wildman–Crippen MR) is 124 cm³/mol. The number of pyridine rings is 1. The Morgan fingerprint density at radius 1 is 1.06 bits per heavy atom. The highest BCUT2D eigenvalue weighted by molar-refractivity contribution is 5.93. The van der Waals surface area contributed by atoms with Crippen LogP contribution in [0.3, 0.4) is 0 Å². The number of hydrogen-bond donors (Lipinski definition) is 1. The van der Waals surface area contributed by atoms with E-state index in [2.05, 4.69) is 5.32 Å². The number of carbonyl (C=O) groups excluding carboxylic acids is 2. The number of benzene rings is 2. The standard InChI is InChI=1S/C25H28N2O5/c1-6-31-25(30)18(5)32-21-9-7-8-20-19(21)10-11-27(24(20)29)14-22(28)26-23-16(3)12-15(2)13-17(23)4/h7-13,18H,6,14H2,1-5H3,(H,26,28)/t18-/m1/s1. The molecule has 3 aromatic rings. The number of esters is 1. The molecule has 3 rings (SSSR count). The maximum absolute atomic E-state index is 13.0. The molecule has 0 aliphatic rings. The summed E-state index contributed by atoms with van der Waals surface area (Å²) >= 11 is 0. The molecule has 0 unspecified atom stereocenters. The number of aromatic nitrogens is 1. The highest BCUT2D eigenvalue weighted by atomic mass is 16.6. The molecule has 0 aliphatic carbocycles. The topological polar surface area (TPSA) is 86.6 Å². The van der Waals surface area contributed by atoms with Gasteiger partial charge in [-0.2, -0.15) is 0 Å². The van der Waals surface area contributed by atoms with Gasteiger partial charge in [0.1, 0.15) is 12.3 Å². The van der Waals surface area contributed by atoms with Gasteiger partial charge in [-0.1, -0.05) is 23.8 Å². The zero-order chi connectivity index (χ0) is 23.4. The molecule has 1 atom stereocenters. The van der Waals surface area contributed by atoms with E-state index in [1.54, 1.807) is 44.3 Å². The Morgan fingerprint density at radius 3 is 2.41 bits per heavy atom. The minimum absolute atomic E-state index is 0.119. The van der Waals surface area contributed by atoms with E-state index >= 15 is 0 Å². The Kier molecular flexibility index (Phi) is 6.98. The number of rotatable bonds is 7. The van der Waals surface area contributed by atoms with Crippen molar-refractivity contribution in [3.05, 3.63) is 69.6 Å². The molecular formula is C25H28N2O5. The molecule has 7 nitrogen and oxygen atoms in total. The molecule has 0 spiro atoms. The van der Waals surface area contributed by atoms with Gasteiger partial charge in [-0.3, -0.25) is 9.59 Å². The van der Waals surface area contributed by atoms with Crippen molar-refractivity contribution >= 4 is 28.3 Å². The molecule has 1 N–H and O–H groups in total. The predicted octanol–water partition coefficient (Wildman–Crippen LogP) is 3.90. The van der Waals surface area contributed by atoms with Gasteiger partial charge in [0, 0.05) is 17.3 Å². The van der Waals surface area contributed by atoms with Crippen LogP contribution in [0, 0.1) is 20.8 Å². The number of hydrogen-bond acceptors (Lipinski definition) is 5. The summed E-state index contributed by atoms with van der Waals surface area (Å²) in [4.78, 5) is 37.6. The second-order valence-electron chi connectivity index (χ2n) is 7.80. The fourth-order valence-corrected chi connectivity index (χ4v) is 3.73. The molecule has 0 aliphatic heterocycles. The molecule has 7 heteroatoms. The first-order chi connectivity index (χ1) is 15.2. The van der Waals surface area contributed by atoms with Crippen LogP contribution in [-0.4, -0.2) is 29.2 Å². The van der Waals surface area contributed by atoms with Gasteiger partial charge in [0.25, 0.3) is 5.56 Å². The van der Waals surface area contributed by atoms with Crippen LogP contribution in [0.2, 0.25) is 0 Å². The average Bonchev–Trinajstić information content (AvgIpc) is 2.73. The molecular weight excluding hydrogens is 408 g/mol. The SMILES string of the molecule is CCOC(=O)[C@@H](C)Oc1cccc2c(=O)n(CC(=O)Nc3c(C)cc(C)cc3C)ccc12. The van der Waals surface area contributed by atoms with E-state index in [1.807, 2.05) is 32.9 Å². The Labute approximate surface area is 187 Å². The quantitative estimate of drug-likeness (QED) is 0.568. The lowest BCUT2D eigenvalue weighted by Gasteiger charge is -2.16. The Morgan fingerprint density at radius 2 is 1.75 bits per heavy atom. The third-order valence-electron chi connectivity index (χ3n) is 5.16. The number of fused-ring (bicyclic) bond motifs is 1. The van der Waals surface area contributed by atoms with Gasteiger partial charge in [-0.15, -0.1) is 0 Å². The molecule has 0 fully saturated rings. The van der Waals surface area contributed by atoms with E-state index in [9.17, 15) is 14.4 Å². The summed E-state index contributed by atoms with van der Waals surface area (Å²) in [6.07, 6.45) is 0.746. The van der Waals surface area contributed by atoms with Gasteiger partial charge in [-0.25, -0.2) is 4.79 Å². The number of nitrogens with zero attached hydrogens (tertiary/aromatic N) is 1. The summed E-state index contributed by atoms with van der Waals surface area (Å²) in [5, 5.41) is 3.88. The highest BCUT2D eigenvalue weighted by Crippen LogP contribution is 2.25. The zero-order valence-electron chi connectivity index (χ0n) is 19.0. The maximum Gasteiger partial charge on any atom is 0.347 e. The molecule has 1 heterocycles. The number of ether oxygens (including phenoxy) is 2. The Balaban J connectivity index is 1.84. The highest BCUT2D eigenvalue weighted by Gasteiger charge is 2.18. The molecule has 2 aromatic carbocycles. The molecule has 0 bridgehead atoms. The van der Waals surface area contributed by atoms with Gasteiger partial charge in [0.05, 0.1) is 12.0 Å². The molecule has 0 saturated carbocycles. The third kappa shape index (κ3) is 4.99. The summed E-state index contributed by atoms with van der Waals surface area (Å²) in [5.74, 6) is -0.358. The molecule has 0 radical (unpaired) electrons. The lowest BCUT2D eigenvalue weighted by molar-refractivity contribution is -0.150. The fraction of sp³-hybridized carbons (Fsp3) is 0.320. The monoisotopic (exact) mass is 436 g/mol. The van der Waals surface area contributed by atoms with Gasteiger partial charge >= 0.3 is 5.97 Å². The molecule has 0 saturated heterocycles. The summed E-state index contributed by atoms with van der Waals surface area (Å²) in [7, 11) is 0. The van der Waals surface area contributed by atoms with E-state index in [4.69, 9.17) is 9.47 Å². The second-order valence-corrected chi connectivity index (χ2v) is 7.80. The van der Waals surface area contributed by atoms with Crippen LogP contribution in [0.15, 0.2) is 47.4 Å². The summed E-state index contributed by atoms with van der Waals surface area (Å²) in [6, 6.07) is 10.8. The van der Waals surface area contributed by atoms with E-state index in [-0.39, 0.29) is 24.6 Å². The van der Waals surface area contributed by atoms with Gasteiger partial charge in [-0.05, 0) is 63.9 Å². The summed E-state index contributed by atoms with van der Waals surface area (Å²) in [5.41, 5.74) is 3.51.